The van der Waals surface area contributed by atoms with E-state index in [9.17, 15) is 4.79 Å². The molecule has 21 heavy (non-hydrogen) atoms. The first kappa shape index (κ1) is 15.4. The van der Waals surface area contributed by atoms with Gasteiger partial charge in [0.15, 0.2) is 0 Å². The highest BCUT2D eigenvalue weighted by Crippen LogP contribution is 2.09. The minimum Gasteiger partial charge on any atom is -0.362 e. The van der Waals surface area contributed by atoms with Crippen molar-refractivity contribution < 1.29 is 4.79 Å². The minimum absolute atomic E-state index is 0.125. The summed E-state index contributed by atoms with van der Waals surface area (Å²) in [6.07, 6.45) is 2.23. The van der Waals surface area contributed by atoms with E-state index < -0.39 is 0 Å². The largest absolute Gasteiger partial charge is 0.362 e. The number of aromatic nitrogens is 1. The van der Waals surface area contributed by atoms with E-state index in [1.807, 2.05) is 0 Å². The van der Waals surface area contributed by atoms with Crippen molar-refractivity contribution in [3.05, 3.63) is 58.4 Å². The lowest BCUT2D eigenvalue weighted by Gasteiger charge is -2.05. The smallest absolute Gasteiger partial charge is 0.220 e. The van der Waals surface area contributed by atoms with Gasteiger partial charge in [-0.25, -0.2) is 0 Å². The first-order valence-corrected chi connectivity index (χ1v) is 7.52. The number of amides is 1. The van der Waals surface area contributed by atoms with Crippen molar-refractivity contribution in [3.8, 4) is 0 Å². The summed E-state index contributed by atoms with van der Waals surface area (Å²) in [6, 6.07) is 10.5. The van der Waals surface area contributed by atoms with Crippen molar-refractivity contribution in [1.29, 1.82) is 0 Å². The van der Waals surface area contributed by atoms with E-state index in [1.54, 1.807) is 0 Å². The zero-order chi connectivity index (χ0) is 15.2. The molecule has 2 aromatic rings. The van der Waals surface area contributed by atoms with E-state index in [1.165, 1.54) is 28.1 Å². The topological polar surface area (TPSA) is 44.9 Å². The van der Waals surface area contributed by atoms with Gasteiger partial charge in [-0.2, -0.15) is 0 Å². The molecule has 3 heteroatoms. The Balaban J connectivity index is 1.70. The minimum atomic E-state index is 0.125. The van der Waals surface area contributed by atoms with Gasteiger partial charge in [-0.05, 0) is 50.8 Å². The van der Waals surface area contributed by atoms with Crippen LogP contribution < -0.4 is 5.32 Å². The summed E-state index contributed by atoms with van der Waals surface area (Å²) in [5, 5.41) is 3.00. The number of aryl methyl sites for hydroxylation is 4. The highest BCUT2D eigenvalue weighted by molar-refractivity contribution is 5.76. The molecule has 1 heterocycles. The van der Waals surface area contributed by atoms with Crippen LogP contribution in [0.3, 0.4) is 0 Å². The summed E-state index contributed by atoms with van der Waals surface area (Å²) >= 11 is 0. The summed E-state index contributed by atoms with van der Waals surface area (Å²) in [7, 11) is 0. The Kier molecular flexibility index (Phi) is 5.20. The second-order valence-electron chi connectivity index (χ2n) is 5.69. The molecule has 1 aromatic carbocycles. The fourth-order valence-corrected chi connectivity index (χ4v) is 2.48. The van der Waals surface area contributed by atoms with E-state index >= 15 is 0 Å². The summed E-state index contributed by atoms with van der Waals surface area (Å²) in [5.41, 5.74) is 6.12. The number of nitrogens with one attached hydrogen (secondary N) is 2. The molecule has 0 spiro atoms. The lowest BCUT2D eigenvalue weighted by Crippen LogP contribution is -2.25. The third kappa shape index (κ3) is 4.78. The Morgan fingerprint density at radius 3 is 2.43 bits per heavy atom. The lowest BCUT2D eigenvalue weighted by molar-refractivity contribution is -0.121. The lowest BCUT2D eigenvalue weighted by atomic mass is 10.1. The van der Waals surface area contributed by atoms with E-state index in [0.29, 0.717) is 13.0 Å². The number of hydrogen-bond donors (Lipinski definition) is 2. The number of hydrogen-bond acceptors (Lipinski definition) is 1. The second kappa shape index (κ2) is 7.11. The summed E-state index contributed by atoms with van der Waals surface area (Å²) < 4.78 is 0. The first-order valence-electron chi connectivity index (χ1n) is 7.52. The predicted molar refractivity (Wildman–Crippen MR) is 86.5 cm³/mol. The quantitative estimate of drug-likeness (QED) is 0.840. The van der Waals surface area contributed by atoms with Gasteiger partial charge in [0, 0.05) is 24.4 Å². The van der Waals surface area contributed by atoms with Crippen LogP contribution in [-0.2, 0) is 17.6 Å². The number of aromatic amines is 1. The molecule has 0 aliphatic rings. The van der Waals surface area contributed by atoms with Gasteiger partial charge in [0.1, 0.15) is 0 Å². The highest BCUT2D eigenvalue weighted by atomic mass is 16.1. The molecule has 0 fully saturated rings. The Morgan fingerprint density at radius 2 is 1.81 bits per heavy atom. The van der Waals surface area contributed by atoms with Crippen LogP contribution in [0.4, 0.5) is 0 Å². The van der Waals surface area contributed by atoms with Gasteiger partial charge in [-0.3, -0.25) is 4.79 Å². The summed E-state index contributed by atoms with van der Waals surface area (Å²) in [5.74, 6) is 0.125. The molecular weight excluding hydrogens is 260 g/mol. The molecule has 0 saturated heterocycles. The molecule has 0 atom stereocenters. The van der Waals surface area contributed by atoms with Crippen LogP contribution in [0.1, 0.15) is 34.5 Å². The predicted octanol–water partition coefficient (Wildman–Crippen LogP) is 3.23. The monoisotopic (exact) mass is 284 g/mol. The van der Waals surface area contributed by atoms with Crippen molar-refractivity contribution in [2.24, 2.45) is 0 Å². The van der Waals surface area contributed by atoms with E-state index in [4.69, 9.17) is 0 Å². The van der Waals surface area contributed by atoms with Gasteiger partial charge in [0.05, 0.1) is 0 Å². The van der Waals surface area contributed by atoms with E-state index in [0.717, 1.165) is 12.8 Å². The average molecular weight is 284 g/mol. The van der Waals surface area contributed by atoms with Crippen molar-refractivity contribution in [3.63, 3.8) is 0 Å². The third-order valence-electron chi connectivity index (χ3n) is 3.73. The van der Waals surface area contributed by atoms with Crippen LogP contribution in [0.25, 0.3) is 0 Å². The molecule has 0 unspecified atom stereocenters. The third-order valence-corrected chi connectivity index (χ3v) is 3.73. The van der Waals surface area contributed by atoms with Gasteiger partial charge in [-0.15, -0.1) is 0 Å². The Morgan fingerprint density at radius 1 is 1.10 bits per heavy atom. The van der Waals surface area contributed by atoms with E-state index in [2.05, 4.69) is 61.4 Å². The van der Waals surface area contributed by atoms with Gasteiger partial charge >= 0.3 is 0 Å². The molecule has 0 aliphatic heterocycles. The zero-order valence-electron chi connectivity index (χ0n) is 13.1. The molecule has 112 valence electrons. The SMILES string of the molecule is Cc1ccc(CCC(=O)NCCc2cc(C)[nH]c2C)cc1. The van der Waals surface area contributed by atoms with Crippen molar-refractivity contribution in [1.82, 2.24) is 10.3 Å². The van der Waals surface area contributed by atoms with Crippen LogP contribution in [0.15, 0.2) is 30.3 Å². The molecule has 0 radical (unpaired) electrons. The molecule has 0 bridgehead atoms. The van der Waals surface area contributed by atoms with Gasteiger partial charge in [0.2, 0.25) is 5.91 Å². The molecule has 1 aromatic heterocycles. The summed E-state index contributed by atoms with van der Waals surface area (Å²) in [6.45, 7) is 6.89. The van der Waals surface area contributed by atoms with Gasteiger partial charge in [-0.1, -0.05) is 29.8 Å². The Bertz CT molecular complexity index is 596. The molecule has 3 nitrogen and oxygen atoms in total. The second-order valence-corrected chi connectivity index (χ2v) is 5.69. The number of carbonyl (C=O) groups excluding carboxylic acids is 1. The average Bonchev–Trinajstić information content (AvgIpc) is 2.76. The molecule has 2 rings (SSSR count). The molecular formula is C18H24N2O. The van der Waals surface area contributed by atoms with Crippen LogP contribution in [0, 0.1) is 20.8 Å². The maximum Gasteiger partial charge on any atom is 0.220 e. The number of rotatable bonds is 6. The van der Waals surface area contributed by atoms with Crippen molar-refractivity contribution in [2.75, 3.05) is 6.54 Å². The number of H-pyrrole nitrogens is 1. The van der Waals surface area contributed by atoms with Crippen LogP contribution in [-0.4, -0.2) is 17.4 Å². The fourth-order valence-electron chi connectivity index (χ4n) is 2.48. The Labute approximate surface area is 126 Å². The summed E-state index contributed by atoms with van der Waals surface area (Å²) in [4.78, 5) is 15.1. The van der Waals surface area contributed by atoms with Gasteiger partial charge < -0.3 is 10.3 Å². The van der Waals surface area contributed by atoms with Crippen LogP contribution in [0.5, 0.6) is 0 Å². The molecule has 1 amide bonds. The maximum absolute atomic E-state index is 11.8. The number of carbonyl (C=O) groups is 1. The standard InChI is InChI=1S/C18H24N2O/c1-13-4-6-16(7-5-13)8-9-18(21)19-11-10-17-12-14(2)20-15(17)3/h4-7,12,20H,8-11H2,1-3H3,(H,19,21). The zero-order valence-corrected chi connectivity index (χ0v) is 13.1. The number of benzene rings is 1. The highest BCUT2D eigenvalue weighted by Gasteiger charge is 2.04. The van der Waals surface area contributed by atoms with Crippen molar-refractivity contribution >= 4 is 5.91 Å². The molecule has 0 aliphatic carbocycles. The molecule has 2 N–H and O–H groups in total. The van der Waals surface area contributed by atoms with Crippen LogP contribution in [0.2, 0.25) is 0 Å². The van der Waals surface area contributed by atoms with Crippen molar-refractivity contribution in [2.45, 2.75) is 40.0 Å². The van der Waals surface area contributed by atoms with Gasteiger partial charge in [0.25, 0.3) is 0 Å². The fraction of sp³-hybridized carbons (Fsp3) is 0.389. The van der Waals surface area contributed by atoms with E-state index in [-0.39, 0.29) is 5.91 Å². The molecule has 0 saturated carbocycles. The Hall–Kier alpha value is -2.03. The normalized spacial score (nSPS) is 10.6. The van der Waals surface area contributed by atoms with Crippen LogP contribution >= 0.6 is 0 Å². The first-order chi connectivity index (χ1) is 10.0. The maximum atomic E-state index is 11.8.